The highest BCUT2D eigenvalue weighted by Gasteiger charge is 2.49. The Balaban J connectivity index is 0.000000322. The van der Waals surface area contributed by atoms with Crippen molar-refractivity contribution < 1.29 is 19.1 Å². The first kappa shape index (κ1) is 23.1. The highest BCUT2D eigenvalue weighted by atomic mass is 16.6. The Kier molecular flexibility index (Phi) is 7.27. The van der Waals surface area contributed by atoms with Crippen LogP contribution in [0.4, 0.5) is 4.79 Å². The number of carbonyl (C=O) groups excluding carboxylic acids is 2. The minimum absolute atomic E-state index is 0.0372. The average molecular weight is 427 g/mol. The van der Waals surface area contributed by atoms with Crippen LogP contribution in [0.3, 0.4) is 0 Å². The molecular weight excluding hydrogens is 392 g/mol. The summed E-state index contributed by atoms with van der Waals surface area (Å²) in [6.45, 7) is 6.08. The Morgan fingerprint density at radius 1 is 1.35 bits per heavy atom. The first-order valence-corrected chi connectivity index (χ1v) is 11.2. The molecule has 6 atom stereocenters. The van der Waals surface area contributed by atoms with Gasteiger partial charge >= 0.3 is 12.1 Å². The predicted molar refractivity (Wildman–Crippen MR) is 120 cm³/mol. The molecule has 1 saturated heterocycles. The quantitative estimate of drug-likeness (QED) is 0.592. The fourth-order valence-corrected chi connectivity index (χ4v) is 4.82. The minimum Gasteiger partial charge on any atom is -0.461 e. The van der Waals surface area contributed by atoms with Crippen LogP contribution in [0.5, 0.6) is 0 Å². The molecule has 1 saturated carbocycles. The van der Waals surface area contributed by atoms with E-state index in [9.17, 15) is 9.59 Å². The third-order valence-corrected chi connectivity index (χ3v) is 7.06. The molecule has 6 nitrogen and oxygen atoms in total. The van der Waals surface area contributed by atoms with Gasteiger partial charge in [0.15, 0.2) is 0 Å². The number of aryl methyl sites for hydroxylation is 1. The van der Waals surface area contributed by atoms with Crippen molar-refractivity contribution in [2.45, 2.75) is 77.1 Å². The van der Waals surface area contributed by atoms with Crippen molar-refractivity contribution in [1.82, 2.24) is 4.90 Å². The predicted octanol–water partition coefficient (Wildman–Crippen LogP) is 3.89. The van der Waals surface area contributed by atoms with Crippen LogP contribution in [0.15, 0.2) is 18.2 Å². The summed E-state index contributed by atoms with van der Waals surface area (Å²) < 4.78 is 10.6. The highest BCUT2D eigenvalue weighted by Crippen LogP contribution is 2.41. The summed E-state index contributed by atoms with van der Waals surface area (Å²) in [5, 5.41) is 0. The molecule has 6 heteroatoms. The van der Waals surface area contributed by atoms with Gasteiger partial charge in [-0.15, -0.1) is 6.42 Å². The van der Waals surface area contributed by atoms with E-state index in [1.807, 2.05) is 13.8 Å². The Hall–Kier alpha value is -2.52. The number of hydrogen-bond donors (Lipinski definition) is 1. The van der Waals surface area contributed by atoms with Crippen molar-refractivity contribution in [3.8, 4) is 23.5 Å². The molecule has 0 aromatic carbocycles. The number of methoxy groups -OCH3 is 1. The van der Waals surface area contributed by atoms with Gasteiger partial charge in [-0.2, -0.15) is 0 Å². The van der Waals surface area contributed by atoms with Crippen LogP contribution >= 0.6 is 0 Å². The van der Waals surface area contributed by atoms with E-state index in [2.05, 4.69) is 31.0 Å². The van der Waals surface area contributed by atoms with E-state index < -0.39 is 12.1 Å². The van der Waals surface area contributed by atoms with Crippen molar-refractivity contribution in [2.24, 2.45) is 17.6 Å². The SMILES string of the molecule is C#CC1C[C@H]2[C@@H](OC(=O)[C@@H](N)[C@@H](C)CC)CCC[C@H]2N1C(=O)OC.Cc1cc2ccc1-2. The van der Waals surface area contributed by atoms with E-state index in [0.29, 0.717) is 6.42 Å². The van der Waals surface area contributed by atoms with Crippen LogP contribution in [0.2, 0.25) is 0 Å². The monoisotopic (exact) mass is 426 g/mol. The van der Waals surface area contributed by atoms with Crippen LogP contribution in [0.25, 0.3) is 11.1 Å². The average Bonchev–Trinajstić information content (AvgIpc) is 3.15. The molecule has 2 N–H and O–H groups in total. The number of hydrogen-bond acceptors (Lipinski definition) is 5. The van der Waals surface area contributed by atoms with Crippen molar-refractivity contribution in [1.29, 1.82) is 0 Å². The maximum Gasteiger partial charge on any atom is 0.410 e. The molecular formula is C25H34N2O4. The van der Waals surface area contributed by atoms with Gasteiger partial charge in [-0.05, 0) is 55.2 Å². The molecule has 0 bridgehead atoms. The van der Waals surface area contributed by atoms with E-state index >= 15 is 0 Å². The number of terminal acetylenes is 1. The molecule has 0 aromatic rings. The van der Waals surface area contributed by atoms with Gasteiger partial charge in [0, 0.05) is 12.0 Å². The molecule has 3 aliphatic carbocycles. The maximum atomic E-state index is 12.3. The molecule has 4 rings (SSSR count). The number of ether oxygens (including phenoxy) is 2. The lowest BCUT2D eigenvalue weighted by molar-refractivity contribution is -0.157. The zero-order chi connectivity index (χ0) is 22.7. The van der Waals surface area contributed by atoms with Crippen molar-refractivity contribution in [2.75, 3.05) is 7.11 Å². The lowest BCUT2D eigenvalue weighted by Gasteiger charge is -2.36. The van der Waals surface area contributed by atoms with Crippen LogP contribution in [0, 0.1) is 31.1 Å². The van der Waals surface area contributed by atoms with E-state index in [1.165, 1.54) is 23.8 Å². The van der Waals surface area contributed by atoms with Crippen molar-refractivity contribution >= 4 is 12.1 Å². The van der Waals surface area contributed by atoms with E-state index in [1.54, 1.807) is 4.90 Å². The zero-order valence-electron chi connectivity index (χ0n) is 19.0. The van der Waals surface area contributed by atoms with Crippen LogP contribution < -0.4 is 5.73 Å². The topological polar surface area (TPSA) is 81.9 Å². The first-order chi connectivity index (χ1) is 14.8. The first-order valence-electron chi connectivity index (χ1n) is 11.2. The normalized spacial score (nSPS) is 27.0. The molecule has 1 unspecified atom stereocenters. The number of esters is 1. The van der Waals surface area contributed by atoms with Gasteiger partial charge < -0.3 is 15.2 Å². The van der Waals surface area contributed by atoms with Gasteiger partial charge in [0.1, 0.15) is 12.1 Å². The molecule has 0 radical (unpaired) electrons. The molecule has 168 valence electrons. The fourth-order valence-electron chi connectivity index (χ4n) is 4.82. The molecule has 1 aliphatic heterocycles. The molecule has 0 aromatic heterocycles. The summed E-state index contributed by atoms with van der Waals surface area (Å²) in [5.74, 6) is 2.43. The second-order valence-corrected chi connectivity index (χ2v) is 8.87. The highest BCUT2D eigenvalue weighted by molar-refractivity contribution is 5.80. The summed E-state index contributed by atoms with van der Waals surface area (Å²) in [5.41, 5.74) is 10.3. The Labute approximate surface area is 185 Å². The van der Waals surface area contributed by atoms with Crippen LogP contribution in [0.1, 0.15) is 51.5 Å². The summed E-state index contributed by atoms with van der Waals surface area (Å²) >= 11 is 0. The molecule has 2 fully saturated rings. The Bertz CT molecular complexity index is 862. The lowest BCUT2D eigenvalue weighted by atomic mass is 9.82. The van der Waals surface area contributed by atoms with Crippen LogP contribution in [-0.2, 0) is 14.3 Å². The standard InChI is InChI=1S/C18H28N2O4.C7H6/c1-5-11(3)16(19)17(21)24-15-9-7-8-14-13(15)10-12(6-2)20(14)18(22)23-4;1-5-4-6-2-3-7(5)6/h2,11-16H,5,7-10,19H2,1,3-4H3;2-4H,1H3/t11-,12?,13+,14+,15-,16-;/m0./s1. The summed E-state index contributed by atoms with van der Waals surface area (Å²) in [4.78, 5) is 26.1. The number of likely N-dealkylation sites (tertiary alicyclic amines) is 1. The molecule has 1 heterocycles. The van der Waals surface area contributed by atoms with E-state index in [-0.39, 0.29) is 36.0 Å². The zero-order valence-corrected chi connectivity index (χ0v) is 19.0. The number of nitrogens with two attached hydrogens (primary N) is 1. The molecule has 0 spiro atoms. The second-order valence-electron chi connectivity index (χ2n) is 8.87. The number of amides is 1. The number of rotatable bonds is 4. The van der Waals surface area contributed by atoms with Gasteiger partial charge in [0.05, 0.1) is 13.2 Å². The third kappa shape index (κ3) is 4.57. The summed E-state index contributed by atoms with van der Waals surface area (Å²) in [6, 6.07) is 5.54. The minimum atomic E-state index is -0.614. The van der Waals surface area contributed by atoms with Gasteiger partial charge in [0.25, 0.3) is 0 Å². The summed E-state index contributed by atoms with van der Waals surface area (Å²) in [7, 11) is 1.36. The molecule has 1 amide bonds. The Morgan fingerprint density at radius 3 is 2.55 bits per heavy atom. The van der Waals surface area contributed by atoms with Crippen molar-refractivity contribution in [3.05, 3.63) is 23.8 Å². The number of nitrogens with zero attached hydrogens (tertiary/aromatic N) is 1. The van der Waals surface area contributed by atoms with E-state index in [0.717, 1.165) is 25.7 Å². The number of fused-ring (bicyclic) bond motifs is 2. The largest absolute Gasteiger partial charge is 0.461 e. The maximum absolute atomic E-state index is 12.3. The molecule has 4 aliphatic rings. The van der Waals surface area contributed by atoms with Gasteiger partial charge in [0.2, 0.25) is 0 Å². The van der Waals surface area contributed by atoms with Gasteiger partial charge in [-0.1, -0.05) is 44.4 Å². The van der Waals surface area contributed by atoms with E-state index in [4.69, 9.17) is 21.6 Å². The van der Waals surface area contributed by atoms with Crippen molar-refractivity contribution in [3.63, 3.8) is 0 Å². The summed E-state index contributed by atoms with van der Waals surface area (Å²) in [6.07, 6.45) is 8.91. The van der Waals surface area contributed by atoms with Gasteiger partial charge in [-0.3, -0.25) is 9.69 Å². The van der Waals surface area contributed by atoms with Gasteiger partial charge in [-0.25, -0.2) is 4.79 Å². The Morgan fingerprint density at radius 2 is 2.10 bits per heavy atom. The van der Waals surface area contributed by atoms with Crippen LogP contribution in [-0.4, -0.2) is 48.3 Å². The third-order valence-electron chi connectivity index (χ3n) is 7.06. The smallest absolute Gasteiger partial charge is 0.410 e. The number of benzene rings is 1. The molecule has 31 heavy (non-hydrogen) atoms. The second kappa shape index (κ2) is 9.74. The number of carbonyl (C=O) groups is 2. The lowest BCUT2D eigenvalue weighted by Crippen LogP contribution is -2.47. The fraction of sp³-hybridized carbons (Fsp3) is 0.600.